The molecule has 2 aromatic carbocycles. The summed E-state index contributed by atoms with van der Waals surface area (Å²) < 4.78 is 20.9. The molecule has 33 heavy (non-hydrogen) atoms. The predicted molar refractivity (Wildman–Crippen MR) is 126 cm³/mol. The molecule has 2 N–H and O–H groups in total. The summed E-state index contributed by atoms with van der Waals surface area (Å²) in [6.07, 6.45) is 2.35. The fourth-order valence-corrected chi connectivity index (χ4v) is 4.48. The molecule has 3 amide bonds. The van der Waals surface area contributed by atoms with E-state index in [9.17, 15) is 9.59 Å². The normalized spacial score (nSPS) is 20.2. The van der Waals surface area contributed by atoms with Gasteiger partial charge in [-0.05, 0) is 49.9 Å². The molecule has 176 valence electrons. The van der Waals surface area contributed by atoms with E-state index in [0.29, 0.717) is 36.5 Å². The molecule has 2 fully saturated rings. The lowest BCUT2D eigenvalue weighted by Crippen LogP contribution is -2.43. The molecule has 0 aliphatic carbocycles. The predicted octanol–water partition coefficient (Wildman–Crippen LogP) is 4.70. The summed E-state index contributed by atoms with van der Waals surface area (Å²) in [5.41, 5.74) is 2.30. The maximum absolute atomic E-state index is 15.5. The van der Waals surface area contributed by atoms with E-state index >= 15 is 4.39 Å². The van der Waals surface area contributed by atoms with Crippen molar-refractivity contribution in [2.45, 2.75) is 51.2 Å². The Balaban J connectivity index is 1.38. The standard InChI is InChI=1S/C26H32FN3O3/c1-18-5-9-21(10-6-18)26(27)11-13-30(14-12-26)24(31)20-8-7-19(2)23(16-20)29-25(32)28-22-4-3-15-33-17-22/h5-10,16,22H,3-4,11-15,17H2,1-2H3,(H2,28,29,32). The van der Waals surface area contributed by atoms with Crippen molar-refractivity contribution >= 4 is 17.6 Å². The quantitative estimate of drug-likeness (QED) is 0.705. The number of aryl methyl sites for hydroxylation is 2. The van der Waals surface area contributed by atoms with Gasteiger partial charge in [0.1, 0.15) is 5.67 Å². The Morgan fingerprint density at radius 2 is 1.82 bits per heavy atom. The average molecular weight is 454 g/mol. The van der Waals surface area contributed by atoms with Gasteiger partial charge in [-0.1, -0.05) is 35.9 Å². The minimum absolute atomic E-state index is 0.00767. The molecule has 0 spiro atoms. The minimum Gasteiger partial charge on any atom is -0.379 e. The number of urea groups is 1. The SMILES string of the molecule is Cc1ccc(C2(F)CCN(C(=O)c3ccc(C)c(NC(=O)NC4CCCOC4)c3)CC2)cc1. The van der Waals surface area contributed by atoms with Crippen LogP contribution in [0.15, 0.2) is 42.5 Å². The van der Waals surface area contributed by atoms with E-state index in [-0.39, 0.29) is 30.8 Å². The van der Waals surface area contributed by atoms with Gasteiger partial charge in [-0.15, -0.1) is 0 Å². The number of amides is 3. The maximum Gasteiger partial charge on any atom is 0.319 e. The van der Waals surface area contributed by atoms with Crippen LogP contribution in [0.3, 0.4) is 0 Å². The molecule has 0 radical (unpaired) electrons. The van der Waals surface area contributed by atoms with Crippen LogP contribution in [-0.2, 0) is 10.4 Å². The fraction of sp³-hybridized carbons (Fsp3) is 0.462. The van der Waals surface area contributed by atoms with Crippen LogP contribution in [0.2, 0.25) is 0 Å². The smallest absolute Gasteiger partial charge is 0.319 e. The second kappa shape index (κ2) is 9.91. The Hall–Kier alpha value is -2.93. The lowest BCUT2D eigenvalue weighted by atomic mass is 9.85. The highest BCUT2D eigenvalue weighted by atomic mass is 19.1. The average Bonchev–Trinajstić information content (AvgIpc) is 2.81. The van der Waals surface area contributed by atoms with Gasteiger partial charge in [0.2, 0.25) is 0 Å². The van der Waals surface area contributed by atoms with Crippen LogP contribution >= 0.6 is 0 Å². The molecule has 0 aromatic heterocycles. The number of hydrogen-bond donors (Lipinski definition) is 2. The van der Waals surface area contributed by atoms with Crippen LogP contribution < -0.4 is 10.6 Å². The number of halogens is 1. The molecule has 4 rings (SSSR count). The Labute approximate surface area is 194 Å². The van der Waals surface area contributed by atoms with Crippen molar-refractivity contribution < 1.29 is 18.7 Å². The van der Waals surface area contributed by atoms with E-state index in [1.54, 1.807) is 17.0 Å². The van der Waals surface area contributed by atoms with Gasteiger partial charge in [-0.3, -0.25) is 4.79 Å². The third-order valence-electron chi connectivity index (χ3n) is 6.64. The van der Waals surface area contributed by atoms with Crippen molar-refractivity contribution in [3.63, 3.8) is 0 Å². The van der Waals surface area contributed by atoms with Gasteiger partial charge in [0.15, 0.2) is 0 Å². The zero-order valence-electron chi connectivity index (χ0n) is 19.3. The molecule has 0 saturated carbocycles. The number of benzene rings is 2. The number of carbonyl (C=O) groups excluding carboxylic acids is 2. The zero-order valence-corrected chi connectivity index (χ0v) is 19.3. The Kier molecular flexibility index (Phi) is 6.98. The lowest BCUT2D eigenvalue weighted by Gasteiger charge is -2.37. The molecule has 2 aliphatic heterocycles. The summed E-state index contributed by atoms with van der Waals surface area (Å²) in [6, 6.07) is 12.5. The summed E-state index contributed by atoms with van der Waals surface area (Å²) in [6.45, 7) is 5.80. The third-order valence-corrected chi connectivity index (χ3v) is 6.64. The molecule has 2 heterocycles. The first kappa shape index (κ1) is 23.2. The van der Waals surface area contributed by atoms with E-state index in [1.165, 1.54) is 0 Å². The number of nitrogens with one attached hydrogen (secondary N) is 2. The summed E-state index contributed by atoms with van der Waals surface area (Å²) in [7, 11) is 0. The molecule has 7 heteroatoms. The highest BCUT2D eigenvalue weighted by molar-refractivity contribution is 5.97. The Bertz CT molecular complexity index is 994. The number of nitrogens with zero attached hydrogens (tertiary/aromatic N) is 1. The number of hydrogen-bond acceptors (Lipinski definition) is 3. The molecule has 0 bridgehead atoms. The number of rotatable bonds is 4. The summed E-state index contributed by atoms with van der Waals surface area (Å²) >= 11 is 0. The van der Waals surface area contributed by atoms with Crippen LogP contribution in [0.4, 0.5) is 14.9 Å². The first-order valence-corrected chi connectivity index (χ1v) is 11.7. The van der Waals surface area contributed by atoms with E-state index in [2.05, 4.69) is 10.6 Å². The molecule has 2 aromatic rings. The highest BCUT2D eigenvalue weighted by Gasteiger charge is 2.37. The van der Waals surface area contributed by atoms with Crippen LogP contribution in [-0.4, -0.2) is 49.2 Å². The fourth-order valence-electron chi connectivity index (χ4n) is 4.48. The number of alkyl halides is 1. The number of carbonyl (C=O) groups is 2. The monoisotopic (exact) mass is 453 g/mol. The van der Waals surface area contributed by atoms with E-state index in [0.717, 1.165) is 30.6 Å². The molecule has 1 atom stereocenters. The summed E-state index contributed by atoms with van der Waals surface area (Å²) in [5, 5.41) is 5.78. The molecule has 6 nitrogen and oxygen atoms in total. The van der Waals surface area contributed by atoms with Crippen molar-refractivity contribution in [3.05, 3.63) is 64.7 Å². The van der Waals surface area contributed by atoms with E-state index in [1.807, 2.05) is 44.2 Å². The third kappa shape index (κ3) is 5.53. The van der Waals surface area contributed by atoms with Crippen LogP contribution in [0.25, 0.3) is 0 Å². The van der Waals surface area contributed by atoms with Gasteiger partial charge < -0.3 is 20.3 Å². The zero-order chi connectivity index (χ0) is 23.4. The van der Waals surface area contributed by atoms with Crippen molar-refractivity contribution in [1.29, 1.82) is 0 Å². The number of ether oxygens (including phenoxy) is 1. The van der Waals surface area contributed by atoms with Crippen LogP contribution in [0.5, 0.6) is 0 Å². The molecular formula is C26H32FN3O3. The maximum atomic E-state index is 15.5. The largest absolute Gasteiger partial charge is 0.379 e. The first-order chi connectivity index (χ1) is 15.8. The van der Waals surface area contributed by atoms with Crippen molar-refractivity contribution in [1.82, 2.24) is 10.2 Å². The molecular weight excluding hydrogens is 421 g/mol. The van der Waals surface area contributed by atoms with Gasteiger partial charge in [0.25, 0.3) is 5.91 Å². The topological polar surface area (TPSA) is 70.7 Å². The van der Waals surface area contributed by atoms with Crippen LogP contribution in [0.1, 0.15) is 52.7 Å². The summed E-state index contributed by atoms with van der Waals surface area (Å²) in [4.78, 5) is 27.2. The lowest BCUT2D eigenvalue weighted by molar-refractivity contribution is 0.0421. The molecule has 2 saturated heterocycles. The first-order valence-electron chi connectivity index (χ1n) is 11.7. The number of piperidine rings is 1. The number of anilines is 1. The molecule has 1 unspecified atom stereocenters. The van der Waals surface area contributed by atoms with Crippen molar-refractivity contribution in [3.8, 4) is 0 Å². The van der Waals surface area contributed by atoms with E-state index in [4.69, 9.17) is 4.74 Å². The Morgan fingerprint density at radius 1 is 1.09 bits per heavy atom. The van der Waals surface area contributed by atoms with Gasteiger partial charge in [-0.25, -0.2) is 9.18 Å². The molecule has 2 aliphatic rings. The second-order valence-corrected chi connectivity index (χ2v) is 9.17. The van der Waals surface area contributed by atoms with Crippen LogP contribution in [0, 0.1) is 13.8 Å². The van der Waals surface area contributed by atoms with E-state index < -0.39 is 5.67 Å². The highest BCUT2D eigenvalue weighted by Crippen LogP contribution is 2.37. The van der Waals surface area contributed by atoms with Crippen molar-refractivity contribution in [2.75, 3.05) is 31.6 Å². The number of likely N-dealkylation sites (tertiary alicyclic amines) is 1. The van der Waals surface area contributed by atoms with Crippen molar-refractivity contribution in [2.24, 2.45) is 0 Å². The Morgan fingerprint density at radius 3 is 2.48 bits per heavy atom. The van der Waals surface area contributed by atoms with Gasteiger partial charge >= 0.3 is 6.03 Å². The minimum atomic E-state index is -1.41. The van der Waals surface area contributed by atoms with Gasteiger partial charge in [-0.2, -0.15) is 0 Å². The summed E-state index contributed by atoms with van der Waals surface area (Å²) in [5.74, 6) is -0.148. The second-order valence-electron chi connectivity index (χ2n) is 9.17. The van der Waals surface area contributed by atoms with Gasteiger partial charge in [0, 0.05) is 43.8 Å². The van der Waals surface area contributed by atoms with Gasteiger partial charge in [0.05, 0.1) is 12.6 Å².